The fourth-order valence-corrected chi connectivity index (χ4v) is 1.27. The summed E-state index contributed by atoms with van der Waals surface area (Å²) in [4.78, 5) is 4.21. The second-order valence-electron chi connectivity index (χ2n) is 4.35. The van der Waals surface area contributed by atoms with E-state index in [1.807, 2.05) is 31.3 Å². The largest absolute Gasteiger partial charge is 0.261 e. The van der Waals surface area contributed by atoms with E-state index < -0.39 is 0 Å². The van der Waals surface area contributed by atoms with Gasteiger partial charge in [-0.25, -0.2) is 0 Å². The number of benzene rings is 1. The lowest BCUT2D eigenvalue weighted by atomic mass is 10.1. The molecular weight excluding hydrogens is 182 g/mol. The summed E-state index contributed by atoms with van der Waals surface area (Å²) in [5.41, 5.74) is 1.10. The number of hydrogen-bond donors (Lipinski definition) is 0. The first-order valence-corrected chi connectivity index (χ1v) is 5.41. The summed E-state index contributed by atoms with van der Waals surface area (Å²) < 4.78 is 0. The van der Waals surface area contributed by atoms with Crippen LogP contribution in [0.25, 0.3) is 10.8 Å². The molecular formula is C14H19N. The molecule has 1 heterocycles. The maximum absolute atomic E-state index is 4.21. The number of aryl methyl sites for hydroxylation is 1. The van der Waals surface area contributed by atoms with Crippen LogP contribution in [-0.4, -0.2) is 4.98 Å². The van der Waals surface area contributed by atoms with Gasteiger partial charge in [0.2, 0.25) is 0 Å². The molecule has 2 rings (SSSR count). The van der Waals surface area contributed by atoms with E-state index >= 15 is 0 Å². The van der Waals surface area contributed by atoms with Gasteiger partial charge in [-0.2, -0.15) is 0 Å². The highest BCUT2D eigenvalue weighted by molar-refractivity contribution is 5.83. The Kier molecular flexibility index (Phi) is 4.29. The number of rotatable bonds is 0. The Morgan fingerprint density at radius 3 is 2.20 bits per heavy atom. The fraction of sp³-hybridized carbons (Fsp3) is 0.357. The van der Waals surface area contributed by atoms with Crippen molar-refractivity contribution in [1.29, 1.82) is 0 Å². The molecule has 0 unspecified atom stereocenters. The third-order valence-corrected chi connectivity index (χ3v) is 1.87. The van der Waals surface area contributed by atoms with Crippen LogP contribution in [0.2, 0.25) is 0 Å². The highest BCUT2D eigenvalue weighted by atomic mass is 14.7. The van der Waals surface area contributed by atoms with Crippen molar-refractivity contribution in [3.63, 3.8) is 0 Å². The van der Waals surface area contributed by atoms with Gasteiger partial charge in [-0.15, -0.1) is 0 Å². The first-order valence-electron chi connectivity index (χ1n) is 5.41. The molecule has 2 aromatic rings. The van der Waals surface area contributed by atoms with E-state index in [0.717, 1.165) is 11.6 Å². The first kappa shape index (κ1) is 11.7. The molecule has 0 aliphatic carbocycles. The van der Waals surface area contributed by atoms with Crippen LogP contribution in [0.1, 0.15) is 26.5 Å². The zero-order chi connectivity index (χ0) is 11.3. The van der Waals surface area contributed by atoms with E-state index in [-0.39, 0.29) is 0 Å². The Labute approximate surface area is 92.2 Å². The molecule has 0 saturated carbocycles. The maximum atomic E-state index is 4.21. The zero-order valence-corrected chi connectivity index (χ0v) is 9.99. The average molecular weight is 201 g/mol. The van der Waals surface area contributed by atoms with E-state index in [1.54, 1.807) is 0 Å². The van der Waals surface area contributed by atoms with E-state index in [0.29, 0.717) is 0 Å². The highest BCUT2D eigenvalue weighted by Gasteiger charge is 1.93. The highest BCUT2D eigenvalue weighted by Crippen LogP contribution is 2.14. The van der Waals surface area contributed by atoms with Crippen LogP contribution >= 0.6 is 0 Å². The predicted octanol–water partition coefficient (Wildman–Crippen LogP) is 4.21. The van der Waals surface area contributed by atoms with Crippen LogP contribution in [0, 0.1) is 12.8 Å². The van der Waals surface area contributed by atoms with E-state index in [4.69, 9.17) is 0 Å². The summed E-state index contributed by atoms with van der Waals surface area (Å²) >= 11 is 0. The quantitative estimate of drug-likeness (QED) is 0.622. The van der Waals surface area contributed by atoms with Gasteiger partial charge in [-0.3, -0.25) is 4.98 Å². The number of hydrogen-bond acceptors (Lipinski definition) is 1. The molecule has 0 saturated heterocycles. The molecule has 0 aliphatic rings. The lowest BCUT2D eigenvalue weighted by molar-refractivity contribution is 0.737. The molecule has 0 spiro atoms. The lowest BCUT2D eigenvalue weighted by Gasteiger charge is -1.97. The Balaban J connectivity index is 0.000000245. The summed E-state index contributed by atoms with van der Waals surface area (Å²) in [6.45, 7) is 8.53. The van der Waals surface area contributed by atoms with Crippen LogP contribution in [0.3, 0.4) is 0 Å². The van der Waals surface area contributed by atoms with Crippen molar-refractivity contribution < 1.29 is 0 Å². The normalized spacial score (nSPS) is 9.93. The van der Waals surface area contributed by atoms with Crippen molar-refractivity contribution in [2.45, 2.75) is 27.7 Å². The summed E-state index contributed by atoms with van der Waals surface area (Å²) in [5.74, 6) is 0.833. The SMILES string of the molecule is CC(C)C.Cc1nccc2ccccc12. The van der Waals surface area contributed by atoms with Gasteiger partial charge in [0, 0.05) is 17.3 Å². The van der Waals surface area contributed by atoms with Gasteiger partial charge in [0.15, 0.2) is 0 Å². The number of nitrogens with zero attached hydrogens (tertiary/aromatic N) is 1. The second-order valence-corrected chi connectivity index (χ2v) is 4.35. The molecule has 80 valence electrons. The summed E-state index contributed by atoms with van der Waals surface area (Å²) in [6.07, 6.45) is 1.84. The minimum Gasteiger partial charge on any atom is -0.261 e. The molecule has 0 amide bonds. The van der Waals surface area contributed by atoms with Gasteiger partial charge in [0.1, 0.15) is 0 Å². The molecule has 0 atom stereocenters. The molecule has 15 heavy (non-hydrogen) atoms. The third-order valence-electron chi connectivity index (χ3n) is 1.87. The van der Waals surface area contributed by atoms with E-state index in [2.05, 4.69) is 37.9 Å². The Morgan fingerprint density at radius 1 is 1.00 bits per heavy atom. The number of aromatic nitrogens is 1. The van der Waals surface area contributed by atoms with Crippen molar-refractivity contribution in [2.24, 2.45) is 5.92 Å². The van der Waals surface area contributed by atoms with Gasteiger partial charge in [0.05, 0.1) is 0 Å². The minimum absolute atomic E-state index is 0.833. The van der Waals surface area contributed by atoms with Crippen LogP contribution in [0.5, 0.6) is 0 Å². The van der Waals surface area contributed by atoms with E-state index in [9.17, 15) is 0 Å². The number of pyridine rings is 1. The Morgan fingerprint density at radius 2 is 1.60 bits per heavy atom. The van der Waals surface area contributed by atoms with Crippen molar-refractivity contribution in [3.05, 3.63) is 42.2 Å². The van der Waals surface area contributed by atoms with Gasteiger partial charge in [0.25, 0.3) is 0 Å². The molecule has 1 nitrogen and oxygen atoms in total. The monoisotopic (exact) mass is 201 g/mol. The standard InChI is InChI=1S/C10H9N.C4H10/c1-8-10-5-3-2-4-9(10)6-7-11-8;1-4(2)3/h2-7H,1H3;4H,1-3H3. The third kappa shape index (κ3) is 3.70. The Hall–Kier alpha value is -1.37. The molecule has 0 radical (unpaired) electrons. The molecule has 0 bridgehead atoms. The smallest absolute Gasteiger partial charge is 0.0450 e. The van der Waals surface area contributed by atoms with E-state index in [1.165, 1.54) is 10.8 Å². The minimum atomic E-state index is 0.833. The zero-order valence-electron chi connectivity index (χ0n) is 9.99. The average Bonchev–Trinajstić information content (AvgIpc) is 2.18. The summed E-state index contributed by atoms with van der Waals surface area (Å²) in [6, 6.07) is 10.3. The number of fused-ring (bicyclic) bond motifs is 1. The van der Waals surface area contributed by atoms with Crippen LogP contribution in [0.15, 0.2) is 36.5 Å². The molecule has 0 N–H and O–H groups in total. The molecule has 1 aromatic heterocycles. The topological polar surface area (TPSA) is 12.9 Å². The summed E-state index contributed by atoms with van der Waals surface area (Å²) in [5, 5.41) is 2.51. The molecule has 1 aromatic carbocycles. The first-order chi connectivity index (χ1) is 7.11. The second kappa shape index (κ2) is 5.50. The Bertz CT molecular complexity index is 410. The van der Waals surface area contributed by atoms with Gasteiger partial charge in [-0.05, 0) is 24.3 Å². The van der Waals surface area contributed by atoms with Crippen LogP contribution in [-0.2, 0) is 0 Å². The van der Waals surface area contributed by atoms with Crippen molar-refractivity contribution in [1.82, 2.24) is 4.98 Å². The summed E-state index contributed by atoms with van der Waals surface area (Å²) in [7, 11) is 0. The molecule has 0 aliphatic heterocycles. The van der Waals surface area contributed by atoms with Crippen molar-refractivity contribution in [3.8, 4) is 0 Å². The van der Waals surface area contributed by atoms with Crippen molar-refractivity contribution >= 4 is 10.8 Å². The lowest BCUT2D eigenvalue weighted by Crippen LogP contribution is -1.80. The maximum Gasteiger partial charge on any atom is 0.0450 e. The van der Waals surface area contributed by atoms with Gasteiger partial charge in [-0.1, -0.05) is 45.0 Å². The van der Waals surface area contributed by atoms with Gasteiger partial charge >= 0.3 is 0 Å². The van der Waals surface area contributed by atoms with Gasteiger partial charge < -0.3 is 0 Å². The predicted molar refractivity (Wildman–Crippen MR) is 67.0 cm³/mol. The van der Waals surface area contributed by atoms with Crippen LogP contribution in [0.4, 0.5) is 0 Å². The molecule has 1 heteroatoms. The van der Waals surface area contributed by atoms with Crippen LogP contribution < -0.4 is 0 Å². The van der Waals surface area contributed by atoms with Crippen molar-refractivity contribution in [2.75, 3.05) is 0 Å². The molecule has 0 fully saturated rings. The fourth-order valence-electron chi connectivity index (χ4n) is 1.27.